The number of carbonyl (C=O) groups is 1. The number of ether oxygens (including phenoxy) is 1. The molecule has 1 N–H and O–H groups in total. The van der Waals surface area contributed by atoms with Crippen molar-refractivity contribution in [1.29, 1.82) is 0 Å². The van der Waals surface area contributed by atoms with Gasteiger partial charge < -0.3 is 9.84 Å². The number of hydrogen-bond acceptors (Lipinski definition) is 4. The first kappa shape index (κ1) is 12.6. The molecule has 1 aliphatic rings. The standard InChI is InChI=1S/C15H14N2O3/c1-9-13(14(18)19)8-16-15(17-9)20-12-6-5-10-3-2-4-11(10)7-12/h5-8H,2-4H2,1H3,(H,18,19). The van der Waals surface area contributed by atoms with Crippen molar-refractivity contribution in [2.45, 2.75) is 26.2 Å². The van der Waals surface area contributed by atoms with Crippen LogP contribution in [0.3, 0.4) is 0 Å². The van der Waals surface area contributed by atoms with Crippen LogP contribution in [0, 0.1) is 6.92 Å². The predicted molar refractivity (Wildman–Crippen MR) is 72.3 cm³/mol. The van der Waals surface area contributed by atoms with E-state index in [1.54, 1.807) is 6.92 Å². The van der Waals surface area contributed by atoms with Gasteiger partial charge in [-0.15, -0.1) is 0 Å². The highest BCUT2D eigenvalue weighted by Gasteiger charge is 2.13. The first-order chi connectivity index (χ1) is 9.63. The lowest BCUT2D eigenvalue weighted by Gasteiger charge is -2.07. The molecule has 1 aromatic heterocycles. The van der Waals surface area contributed by atoms with Crippen LogP contribution in [0.5, 0.6) is 11.8 Å². The van der Waals surface area contributed by atoms with Crippen LogP contribution in [-0.2, 0) is 12.8 Å². The van der Waals surface area contributed by atoms with Gasteiger partial charge in [-0.25, -0.2) is 9.78 Å². The first-order valence-corrected chi connectivity index (χ1v) is 6.50. The van der Waals surface area contributed by atoms with Gasteiger partial charge >= 0.3 is 12.0 Å². The monoisotopic (exact) mass is 270 g/mol. The van der Waals surface area contributed by atoms with Crippen LogP contribution in [0.2, 0.25) is 0 Å². The number of fused-ring (bicyclic) bond motifs is 1. The fourth-order valence-electron chi connectivity index (χ4n) is 2.42. The highest BCUT2D eigenvalue weighted by atomic mass is 16.5. The molecular weight excluding hydrogens is 256 g/mol. The Morgan fingerprint density at radius 3 is 2.85 bits per heavy atom. The zero-order valence-corrected chi connectivity index (χ0v) is 11.1. The molecule has 2 aromatic rings. The van der Waals surface area contributed by atoms with E-state index in [0.717, 1.165) is 12.8 Å². The Hall–Kier alpha value is -2.43. The van der Waals surface area contributed by atoms with E-state index in [0.29, 0.717) is 11.4 Å². The largest absolute Gasteiger partial charge is 0.478 e. The maximum Gasteiger partial charge on any atom is 0.339 e. The molecule has 0 fully saturated rings. The Kier molecular flexibility index (Phi) is 3.10. The fourth-order valence-corrected chi connectivity index (χ4v) is 2.42. The van der Waals surface area contributed by atoms with Gasteiger partial charge in [-0.3, -0.25) is 0 Å². The minimum atomic E-state index is -1.04. The second-order valence-corrected chi connectivity index (χ2v) is 4.84. The maximum absolute atomic E-state index is 10.9. The fraction of sp³-hybridized carbons (Fsp3) is 0.267. The highest BCUT2D eigenvalue weighted by Crippen LogP contribution is 2.27. The number of rotatable bonds is 3. The van der Waals surface area contributed by atoms with E-state index in [1.807, 2.05) is 12.1 Å². The molecule has 0 spiro atoms. The molecule has 5 nitrogen and oxygen atoms in total. The third-order valence-corrected chi connectivity index (χ3v) is 3.47. The van der Waals surface area contributed by atoms with E-state index in [9.17, 15) is 4.79 Å². The van der Waals surface area contributed by atoms with E-state index in [1.165, 1.54) is 23.7 Å². The van der Waals surface area contributed by atoms with Gasteiger partial charge in [0.15, 0.2) is 0 Å². The summed E-state index contributed by atoms with van der Waals surface area (Å²) < 4.78 is 5.60. The van der Waals surface area contributed by atoms with Crippen LogP contribution in [0.15, 0.2) is 24.4 Å². The summed E-state index contributed by atoms with van der Waals surface area (Å²) in [5.74, 6) is -0.347. The van der Waals surface area contributed by atoms with Crippen LogP contribution < -0.4 is 4.74 Å². The molecule has 0 unspecified atom stereocenters. The molecule has 0 amide bonds. The summed E-state index contributed by atoms with van der Waals surface area (Å²) in [6.07, 6.45) is 4.65. The third kappa shape index (κ3) is 2.34. The predicted octanol–water partition coefficient (Wildman–Crippen LogP) is 2.76. The average Bonchev–Trinajstić information content (AvgIpc) is 2.85. The van der Waals surface area contributed by atoms with E-state index in [2.05, 4.69) is 16.0 Å². The van der Waals surface area contributed by atoms with Crippen molar-refractivity contribution in [3.05, 3.63) is 46.8 Å². The van der Waals surface area contributed by atoms with Crippen molar-refractivity contribution in [2.75, 3.05) is 0 Å². The number of aromatic carboxylic acids is 1. The summed E-state index contributed by atoms with van der Waals surface area (Å²) >= 11 is 0. The first-order valence-electron chi connectivity index (χ1n) is 6.50. The van der Waals surface area contributed by atoms with Gasteiger partial charge in [0.05, 0.1) is 11.3 Å². The van der Waals surface area contributed by atoms with Crippen molar-refractivity contribution in [3.8, 4) is 11.8 Å². The number of hydrogen-bond donors (Lipinski definition) is 1. The quantitative estimate of drug-likeness (QED) is 0.928. The molecule has 0 radical (unpaired) electrons. The molecule has 102 valence electrons. The molecule has 1 aromatic carbocycles. The summed E-state index contributed by atoms with van der Waals surface area (Å²) in [5.41, 5.74) is 3.16. The van der Waals surface area contributed by atoms with Crippen molar-refractivity contribution in [2.24, 2.45) is 0 Å². The molecule has 0 bridgehead atoms. The van der Waals surface area contributed by atoms with Gasteiger partial charge in [-0.1, -0.05) is 6.07 Å². The van der Waals surface area contributed by atoms with E-state index >= 15 is 0 Å². The Morgan fingerprint density at radius 1 is 1.30 bits per heavy atom. The van der Waals surface area contributed by atoms with Crippen LogP contribution in [0.1, 0.15) is 33.6 Å². The third-order valence-electron chi connectivity index (χ3n) is 3.47. The van der Waals surface area contributed by atoms with Crippen molar-refractivity contribution >= 4 is 5.97 Å². The molecule has 0 aliphatic heterocycles. The lowest BCUT2D eigenvalue weighted by molar-refractivity contribution is 0.0695. The maximum atomic E-state index is 10.9. The molecule has 3 rings (SSSR count). The highest BCUT2D eigenvalue weighted by molar-refractivity contribution is 5.88. The summed E-state index contributed by atoms with van der Waals surface area (Å²) in [6, 6.07) is 6.14. The Bertz CT molecular complexity index is 683. The Balaban J connectivity index is 1.84. The van der Waals surface area contributed by atoms with Crippen LogP contribution in [-0.4, -0.2) is 21.0 Å². The van der Waals surface area contributed by atoms with Gasteiger partial charge in [0.2, 0.25) is 0 Å². The van der Waals surface area contributed by atoms with Crippen LogP contribution in [0.4, 0.5) is 0 Å². The topological polar surface area (TPSA) is 72.3 Å². The molecule has 1 aliphatic carbocycles. The minimum absolute atomic E-state index is 0.0892. The van der Waals surface area contributed by atoms with Crippen molar-refractivity contribution in [1.82, 2.24) is 9.97 Å². The van der Waals surface area contributed by atoms with Gasteiger partial charge in [0.25, 0.3) is 0 Å². The summed E-state index contributed by atoms with van der Waals surface area (Å²) in [5, 5.41) is 8.93. The Morgan fingerprint density at radius 2 is 2.10 bits per heavy atom. The Labute approximate surface area is 116 Å². The number of carboxylic acids is 1. The average molecular weight is 270 g/mol. The molecule has 1 heterocycles. The molecular formula is C15H14N2O3. The number of nitrogens with zero attached hydrogens (tertiary/aromatic N) is 2. The van der Waals surface area contributed by atoms with Gasteiger partial charge in [0, 0.05) is 6.20 Å². The molecule has 20 heavy (non-hydrogen) atoms. The second-order valence-electron chi connectivity index (χ2n) is 4.84. The van der Waals surface area contributed by atoms with Crippen molar-refractivity contribution < 1.29 is 14.6 Å². The van der Waals surface area contributed by atoms with Crippen molar-refractivity contribution in [3.63, 3.8) is 0 Å². The lowest BCUT2D eigenvalue weighted by Crippen LogP contribution is -2.04. The second kappa shape index (κ2) is 4.92. The van der Waals surface area contributed by atoms with Gasteiger partial charge in [-0.2, -0.15) is 4.98 Å². The molecule has 0 saturated heterocycles. The molecule has 0 atom stereocenters. The van der Waals surface area contributed by atoms with Crippen LogP contribution >= 0.6 is 0 Å². The minimum Gasteiger partial charge on any atom is -0.478 e. The molecule has 5 heteroatoms. The zero-order chi connectivity index (χ0) is 14.1. The number of benzene rings is 1. The van der Waals surface area contributed by atoms with Gasteiger partial charge in [0.1, 0.15) is 5.75 Å². The number of carboxylic acid groups (broad SMARTS) is 1. The van der Waals surface area contributed by atoms with E-state index in [-0.39, 0.29) is 11.6 Å². The molecule has 0 saturated carbocycles. The van der Waals surface area contributed by atoms with E-state index in [4.69, 9.17) is 9.84 Å². The summed E-state index contributed by atoms with van der Waals surface area (Å²) in [6.45, 7) is 1.63. The smallest absolute Gasteiger partial charge is 0.339 e. The van der Waals surface area contributed by atoms with Gasteiger partial charge in [-0.05, 0) is 49.4 Å². The summed E-state index contributed by atoms with van der Waals surface area (Å²) in [4.78, 5) is 18.9. The number of aryl methyl sites for hydroxylation is 3. The summed E-state index contributed by atoms with van der Waals surface area (Å²) in [7, 11) is 0. The zero-order valence-electron chi connectivity index (χ0n) is 11.1. The SMILES string of the molecule is Cc1nc(Oc2ccc3c(c2)CCC3)ncc1C(=O)O. The van der Waals surface area contributed by atoms with Crippen LogP contribution in [0.25, 0.3) is 0 Å². The normalized spacial score (nSPS) is 13.1. The lowest BCUT2D eigenvalue weighted by atomic mass is 10.1. The van der Waals surface area contributed by atoms with E-state index < -0.39 is 5.97 Å². The number of aromatic nitrogens is 2.